The van der Waals surface area contributed by atoms with E-state index in [1.165, 1.54) is 17.3 Å². The van der Waals surface area contributed by atoms with E-state index in [4.69, 9.17) is 5.11 Å². The predicted octanol–water partition coefficient (Wildman–Crippen LogP) is 2.46. The molecule has 0 saturated heterocycles. The summed E-state index contributed by atoms with van der Waals surface area (Å²) in [6.45, 7) is 2.88. The Labute approximate surface area is 122 Å². The van der Waals surface area contributed by atoms with Gasteiger partial charge in [0, 0.05) is 13.0 Å². The molecular weight excluding hydrogens is 274 g/mol. The molecule has 2 aromatic rings. The van der Waals surface area contributed by atoms with Gasteiger partial charge in [0.05, 0.1) is 5.75 Å². The zero-order valence-corrected chi connectivity index (χ0v) is 12.1. The lowest BCUT2D eigenvalue weighted by atomic mass is 10.1. The highest BCUT2D eigenvalue weighted by atomic mass is 32.2. The summed E-state index contributed by atoms with van der Waals surface area (Å²) < 4.78 is 2.01. The van der Waals surface area contributed by atoms with Crippen LogP contribution in [0.4, 0.5) is 0 Å². The van der Waals surface area contributed by atoms with Gasteiger partial charge in [-0.15, -0.1) is 10.2 Å². The van der Waals surface area contributed by atoms with Crippen molar-refractivity contribution in [3.63, 3.8) is 0 Å². The van der Waals surface area contributed by atoms with Gasteiger partial charge in [0.2, 0.25) is 0 Å². The van der Waals surface area contributed by atoms with Crippen molar-refractivity contribution in [2.75, 3.05) is 5.75 Å². The van der Waals surface area contributed by atoms with Crippen LogP contribution in [-0.2, 0) is 17.8 Å². The topological polar surface area (TPSA) is 68.0 Å². The lowest BCUT2D eigenvalue weighted by Gasteiger charge is -2.08. The third-order valence-corrected chi connectivity index (χ3v) is 3.72. The number of thioether (sulfide) groups is 1. The highest BCUT2D eigenvalue weighted by Gasteiger charge is 2.13. The van der Waals surface area contributed by atoms with Crippen molar-refractivity contribution in [3.8, 4) is 0 Å². The number of hydrogen-bond acceptors (Lipinski definition) is 4. The summed E-state index contributed by atoms with van der Waals surface area (Å²) in [5.41, 5.74) is 1.17. The van der Waals surface area contributed by atoms with E-state index in [1.54, 1.807) is 0 Å². The third-order valence-electron chi connectivity index (χ3n) is 2.77. The van der Waals surface area contributed by atoms with Crippen LogP contribution < -0.4 is 0 Å². The molecule has 2 rings (SSSR count). The second-order valence-electron chi connectivity index (χ2n) is 4.40. The summed E-state index contributed by atoms with van der Waals surface area (Å²) in [4.78, 5) is 10.7. The minimum Gasteiger partial charge on any atom is -0.481 e. The largest absolute Gasteiger partial charge is 0.481 e. The van der Waals surface area contributed by atoms with Gasteiger partial charge in [-0.25, -0.2) is 0 Å². The first-order valence-corrected chi connectivity index (χ1v) is 7.50. The number of carbonyl (C=O) groups is 1. The summed E-state index contributed by atoms with van der Waals surface area (Å²) in [6.07, 6.45) is 1.67. The molecule has 0 radical (unpaired) electrons. The Bertz CT molecular complexity index is 569. The van der Waals surface area contributed by atoms with Crippen LogP contribution in [0.25, 0.3) is 0 Å². The maximum atomic E-state index is 10.7. The zero-order valence-electron chi connectivity index (χ0n) is 11.3. The van der Waals surface area contributed by atoms with E-state index < -0.39 is 5.97 Å². The van der Waals surface area contributed by atoms with E-state index in [0.29, 0.717) is 11.6 Å². The van der Waals surface area contributed by atoms with Crippen LogP contribution in [-0.4, -0.2) is 31.6 Å². The SMILES string of the molecule is CCCn1c(Cc2ccccc2)nnc1SCC(=O)O. The summed E-state index contributed by atoms with van der Waals surface area (Å²) in [5, 5.41) is 17.8. The van der Waals surface area contributed by atoms with Gasteiger partial charge in [-0.1, -0.05) is 49.0 Å². The summed E-state index contributed by atoms with van der Waals surface area (Å²) >= 11 is 1.22. The maximum absolute atomic E-state index is 10.7. The quantitative estimate of drug-likeness (QED) is 0.794. The molecule has 20 heavy (non-hydrogen) atoms. The van der Waals surface area contributed by atoms with Gasteiger partial charge in [-0.3, -0.25) is 4.79 Å². The molecule has 0 aliphatic heterocycles. The van der Waals surface area contributed by atoms with Gasteiger partial charge >= 0.3 is 5.97 Å². The smallest absolute Gasteiger partial charge is 0.313 e. The van der Waals surface area contributed by atoms with E-state index in [1.807, 2.05) is 22.8 Å². The Morgan fingerprint density at radius 2 is 2.05 bits per heavy atom. The van der Waals surface area contributed by atoms with Crippen LogP contribution >= 0.6 is 11.8 Å². The van der Waals surface area contributed by atoms with Crippen molar-refractivity contribution in [2.24, 2.45) is 0 Å². The molecule has 0 saturated carbocycles. The molecule has 0 unspecified atom stereocenters. The molecule has 0 aliphatic carbocycles. The Morgan fingerprint density at radius 1 is 1.30 bits per heavy atom. The Morgan fingerprint density at radius 3 is 2.70 bits per heavy atom. The van der Waals surface area contributed by atoms with Crippen LogP contribution in [0.1, 0.15) is 24.7 Å². The molecular formula is C14H17N3O2S. The molecule has 106 valence electrons. The van der Waals surface area contributed by atoms with Crippen molar-refractivity contribution >= 4 is 17.7 Å². The molecule has 0 atom stereocenters. The lowest BCUT2D eigenvalue weighted by Crippen LogP contribution is -2.07. The fourth-order valence-electron chi connectivity index (χ4n) is 1.91. The van der Waals surface area contributed by atoms with Gasteiger partial charge in [-0.2, -0.15) is 0 Å². The Balaban J connectivity index is 2.17. The average Bonchev–Trinajstić information content (AvgIpc) is 2.81. The first-order valence-electron chi connectivity index (χ1n) is 6.51. The van der Waals surface area contributed by atoms with Gasteiger partial charge in [-0.05, 0) is 12.0 Å². The van der Waals surface area contributed by atoms with Crippen molar-refractivity contribution in [1.82, 2.24) is 14.8 Å². The van der Waals surface area contributed by atoms with Gasteiger partial charge in [0.1, 0.15) is 5.82 Å². The van der Waals surface area contributed by atoms with E-state index in [9.17, 15) is 4.79 Å². The van der Waals surface area contributed by atoms with E-state index >= 15 is 0 Å². The Kier molecular flexibility index (Phi) is 5.17. The molecule has 1 heterocycles. The third kappa shape index (κ3) is 3.84. The summed E-state index contributed by atoms with van der Waals surface area (Å²) in [7, 11) is 0. The zero-order chi connectivity index (χ0) is 14.4. The van der Waals surface area contributed by atoms with Crippen molar-refractivity contribution < 1.29 is 9.90 Å². The molecule has 1 aromatic carbocycles. The number of carboxylic acid groups (broad SMARTS) is 1. The lowest BCUT2D eigenvalue weighted by molar-refractivity contribution is -0.133. The number of nitrogens with zero attached hydrogens (tertiary/aromatic N) is 3. The van der Waals surface area contributed by atoms with Crippen molar-refractivity contribution in [2.45, 2.75) is 31.5 Å². The standard InChI is InChI=1S/C14H17N3O2S/c1-2-8-17-12(9-11-6-4-3-5-7-11)15-16-14(17)20-10-13(18)19/h3-7H,2,8-10H2,1H3,(H,18,19). The molecule has 0 fully saturated rings. The number of aromatic nitrogens is 3. The molecule has 0 spiro atoms. The minimum absolute atomic E-state index is 0.00713. The number of carboxylic acids is 1. The van der Waals surface area contributed by atoms with Gasteiger partial charge in [0.15, 0.2) is 5.16 Å². The predicted molar refractivity (Wildman–Crippen MR) is 77.9 cm³/mol. The average molecular weight is 291 g/mol. The van der Waals surface area contributed by atoms with Crippen LogP contribution in [0.3, 0.4) is 0 Å². The number of benzene rings is 1. The molecule has 5 nitrogen and oxygen atoms in total. The van der Waals surface area contributed by atoms with Crippen LogP contribution in [0.2, 0.25) is 0 Å². The molecule has 1 N–H and O–H groups in total. The summed E-state index contributed by atoms with van der Waals surface area (Å²) in [6, 6.07) is 10.1. The normalized spacial score (nSPS) is 10.7. The van der Waals surface area contributed by atoms with Crippen LogP contribution in [0.15, 0.2) is 35.5 Å². The fourth-order valence-corrected chi connectivity index (χ4v) is 2.61. The number of aliphatic carboxylic acids is 1. The molecule has 6 heteroatoms. The second kappa shape index (κ2) is 7.09. The van der Waals surface area contributed by atoms with E-state index in [-0.39, 0.29) is 5.75 Å². The summed E-state index contributed by atoms with van der Waals surface area (Å²) in [5.74, 6) is 0.0456. The highest BCUT2D eigenvalue weighted by Crippen LogP contribution is 2.19. The maximum Gasteiger partial charge on any atom is 0.313 e. The minimum atomic E-state index is -0.842. The molecule has 0 amide bonds. The van der Waals surface area contributed by atoms with Crippen LogP contribution in [0, 0.1) is 0 Å². The Hall–Kier alpha value is -1.82. The first-order chi connectivity index (χ1) is 9.70. The van der Waals surface area contributed by atoms with E-state index in [0.717, 1.165) is 18.8 Å². The fraction of sp³-hybridized carbons (Fsp3) is 0.357. The van der Waals surface area contributed by atoms with Crippen molar-refractivity contribution in [3.05, 3.63) is 41.7 Å². The van der Waals surface area contributed by atoms with Crippen molar-refractivity contribution in [1.29, 1.82) is 0 Å². The number of rotatable bonds is 7. The van der Waals surface area contributed by atoms with Gasteiger partial charge < -0.3 is 9.67 Å². The molecule has 1 aromatic heterocycles. The second-order valence-corrected chi connectivity index (χ2v) is 5.34. The van der Waals surface area contributed by atoms with Crippen LogP contribution in [0.5, 0.6) is 0 Å². The van der Waals surface area contributed by atoms with E-state index in [2.05, 4.69) is 29.3 Å². The molecule has 0 aliphatic rings. The molecule has 0 bridgehead atoms. The number of hydrogen-bond donors (Lipinski definition) is 1. The monoisotopic (exact) mass is 291 g/mol. The van der Waals surface area contributed by atoms with Gasteiger partial charge in [0.25, 0.3) is 0 Å². The first kappa shape index (κ1) is 14.6. The highest BCUT2D eigenvalue weighted by molar-refractivity contribution is 7.99.